The lowest BCUT2D eigenvalue weighted by Crippen LogP contribution is -2.45. The minimum atomic E-state index is -4.68. The van der Waals surface area contributed by atoms with Crippen LogP contribution in [0.25, 0.3) is 0 Å². The van der Waals surface area contributed by atoms with Crippen molar-refractivity contribution < 1.29 is 27.5 Å². The van der Waals surface area contributed by atoms with Crippen molar-refractivity contribution in [3.63, 3.8) is 0 Å². The number of anilines is 2. The minimum Gasteiger partial charge on any atom is -0.444 e. The maximum Gasteiger partial charge on any atom is 0.418 e. The standard InChI is InChI=1S/C18H24F3N3O3/c1-10-8-11(18(19,20)21)14(12(22)9-10)23-15(25)13-6-5-7-24(13)16(26)27-17(2,3)4/h8-9,13H,5-7,22H2,1-4H3,(H,23,25)/t13-/m0/s1. The van der Waals surface area contributed by atoms with Crippen LogP contribution in [0.4, 0.5) is 29.3 Å². The second-order valence-electron chi connectivity index (χ2n) is 7.60. The lowest BCUT2D eigenvalue weighted by molar-refractivity contribution is -0.137. The van der Waals surface area contributed by atoms with Crippen LogP contribution >= 0.6 is 0 Å². The third-order valence-corrected chi connectivity index (χ3v) is 4.05. The fourth-order valence-electron chi connectivity index (χ4n) is 2.96. The number of amides is 2. The summed E-state index contributed by atoms with van der Waals surface area (Å²) in [6.45, 7) is 6.86. The van der Waals surface area contributed by atoms with Gasteiger partial charge in [0.15, 0.2) is 0 Å². The van der Waals surface area contributed by atoms with Gasteiger partial charge in [-0.1, -0.05) is 0 Å². The number of alkyl halides is 3. The predicted octanol–water partition coefficient (Wildman–Crippen LogP) is 3.93. The summed E-state index contributed by atoms with van der Waals surface area (Å²) in [5.41, 5.74) is 3.61. The molecular formula is C18H24F3N3O3. The molecule has 3 N–H and O–H groups in total. The number of hydrogen-bond acceptors (Lipinski definition) is 4. The fourth-order valence-corrected chi connectivity index (χ4v) is 2.96. The van der Waals surface area contributed by atoms with Gasteiger partial charge >= 0.3 is 12.3 Å². The summed E-state index contributed by atoms with van der Waals surface area (Å²) < 4.78 is 45.3. The van der Waals surface area contributed by atoms with Gasteiger partial charge in [-0.05, 0) is 58.2 Å². The Morgan fingerprint density at radius 2 is 1.89 bits per heavy atom. The number of nitrogens with one attached hydrogen (secondary N) is 1. The number of likely N-dealkylation sites (tertiary alicyclic amines) is 1. The number of ether oxygens (including phenoxy) is 1. The molecule has 1 aliphatic heterocycles. The summed E-state index contributed by atoms with van der Waals surface area (Å²) in [6.07, 6.45) is -4.47. The fraction of sp³-hybridized carbons (Fsp3) is 0.556. The summed E-state index contributed by atoms with van der Waals surface area (Å²) >= 11 is 0. The predicted molar refractivity (Wildman–Crippen MR) is 95.2 cm³/mol. The smallest absolute Gasteiger partial charge is 0.418 e. The van der Waals surface area contributed by atoms with E-state index in [1.54, 1.807) is 20.8 Å². The van der Waals surface area contributed by atoms with Crippen LogP contribution in [0, 0.1) is 6.92 Å². The third-order valence-electron chi connectivity index (χ3n) is 4.05. The van der Waals surface area contributed by atoms with Gasteiger partial charge in [-0.15, -0.1) is 0 Å². The average Bonchev–Trinajstić information content (AvgIpc) is 2.96. The Morgan fingerprint density at radius 3 is 2.44 bits per heavy atom. The van der Waals surface area contributed by atoms with E-state index in [1.807, 2.05) is 0 Å². The van der Waals surface area contributed by atoms with E-state index in [-0.39, 0.29) is 5.69 Å². The van der Waals surface area contributed by atoms with E-state index in [2.05, 4.69) is 5.32 Å². The first-order chi connectivity index (χ1) is 12.3. The van der Waals surface area contributed by atoms with Crippen molar-refractivity contribution in [2.45, 2.75) is 58.4 Å². The molecule has 150 valence electrons. The Labute approximate surface area is 155 Å². The highest BCUT2D eigenvalue weighted by molar-refractivity contribution is 6.00. The van der Waals surface area contributed by atoms with E-state index in [4.69, 9.17) is 10.5 Å². The number of rotatable bonds is 2. The molecule has 0 unspecified atom stereocenters. The Bertz CT molecular complexity index is 742. The van der Waals surface area contributed by atoms with Crippen molar-refractivity contribution in [2.75, 3.05) is 17.6 Å². The number of halogens is 3. The third kappa shape index (κ3) is 5.05. The molecule has 27 heavy (non-hydrogen) atoms. The van der Waals surface area contributed by atoms with E-state index < -0.39 is 41.1 Å². The zero-order valence-corrected chi connectivity index (χ0v) is 15.7. The van der Waals surface area contributed by atoms with E-state index in [0.717, 1.165) is 6.07 Å². The number of nitrogens with two attached hydrogens (primary N) is 1. The molecule has 9 heteroatoms. The lowest BCUT2D eigenvalue weighted by Gasteiger charge is -2.28. The summed E-state index contributed by atoms with van der Waals surface area (Å²) in [5, 5.41) is 2.27. The molecule has 0 aromatic heterocycles. The molecule has 0 spiro atoms. The van der Waals surface area contributed by atoms with Gasteiger partial charge in [-0.25, -0.2) is 4.79 Å². The second kappa shape index (κ2) is 7.28. The maximum atomic E-state index is 13.3. The minimum absolute atomic E-state index is 0.183. The molecule has 0 bridgehead atoms. The maximum absolute atomic E-state index is 13.3. The van der Waals surface area contributed by atoms with Crippen LogP contribution in [-0.2, 0) is 15.7 Å². The van der Waals surface area contributed by atoms with Crippen LogP contribution in [0.3, 0.4) is 0 Å². The van der Waals surface area contributed by atoms with Crippen molar-refractivity contribution in [1.82, 2.24) is 4.90 Å². The van der Waals surface area contributed by atoms with Crippen LogP contribution in [0.2, 0.25) is 0 Å². The van der Waals surface area contributed by atoms with Gasteiger partial charge < -0.3 is 15.8 Å². The van der Waals surface area contributed by atoms with Gasteiger partial charge in [0.25, 0.3) is 0 Å². The van der Waals surface area contributed by atoms with E-state index >= 15 is 0 Å². The molecule has 1 fully saturated rings. The molecular weight excluding hydrogens is 363 g/mol. The molecule has 1 aromatic carbocycles. The Kier molecular flexibility index (Phi) is 5.63. The second-order valence-corrected chi connectivity index (χ2v) is 7.60. The lowest BCUT2D eigenvalue weighted by atomic mass is 10.1. The highest BCUT2D eigenvalue weighted by Gasteiger charge is 2.39. The van der Waals surface area contributed by atoms with Crippen molar-refractivity contribution in [1.29, 1.82) is 0 Å². The van der Waals surface area contributed by atoms with Crippen LogP contribution in [0.5, 0.6) is 0 Å². The van der Waals surface area contributed by atoms with Gasteiger partial charge in [-0.2, -0.15) is 13.2 Å². The zero-order chi connectivity index (χ0) is 20.6. The van der Waals surface area contributed by atoms with Crippen LogP contribution in [0.1, 0.15) is 44.7 Å². The van der Waals surface area contributed by atoms with Crippen LogP contribution in [-0.4, -0.2) is 35.1 Å². The molecule has 1 aliphatic rings. The number of carbonyl (C=O) groups is 2. The molecule has 1 aromatic rings. The quantitative estimate of drug-likeness (QED) is 0.753. The molecule has 1 atom stereocenters. The SMILES string of the molecule is Cc1cc(N)c(NC(=O)[C@@H]2CCCN2C(=O)OC(C)(C)C)c(C(F)(F)F)c1. The summed E-state index contributed by atoms with van der Waals surface area (Å²) in [5.74, 6) is -0.723. The molecule has 1 heterocycles. The van der Waals surface area contributed by atoms with Gasteiger partial charge in [0.05, 0.1) is 16.9 Å². The largest absolute Gasteiger partial charge is 0.444 e. The van der Waals surface area contributed by atoms with Gasteiger partial charge in [0.2, 0.25) is 5.91 Å². The Morgan fingerprint density at radius 1 is 1.26 bits per heavy atom. The van der Waals surface area contributed by atoms with Crippen molar-refractivity contribution in [3.05, 3.63) is 23.3 Å². The number of nitrogen functional groups attached to an aromatic ring is 1. The first-order valence-electron chi connectivity index (χ1n) is 8.57. The first kappa shape index (κ1) is 20.9. The van der Waals surface area contributed by atoms with E-state index in [0.29, 0.717) is 24.9 Å². The molecule has 0 saturated carbocycles. The van der Waals surface area contributed by atoms with E-state index in [1.165, 1.54) is 17.9 Å². The van der Waals surface area contributed by atoms with Crippen LogP contribution in [0.15, 0.2) is 12.1 Å². The highest BCUT2D eigenvalue weighted by atomic mass is 19.4. The van der Waals surface area contributed by atoms with Gasteiger partial charge in [0.1, 0.15) is 11.6 Å². The molecule has 0 aliphatic carbocycles. The van der Waals surface area contributed by atoms with E-state index in [9.17, 15) is 22.8 Å². The summed E-state index contributed by atoms with van der Waals surface area (Å²) in [4.78, 5) is 26.1. The zero-order valence-electron chi connectivity index (χ0n) is 15.7. The topological polar surface area (TPSA) is 84.7 Å². The number of hydrogen-bond donors (Lipinski definition) is 2. The molecule has 6 nitrogen and oxygen atoms in total. The molecule has 1 saturated heterocycles. The van der Waals surface area contributed by atoms with Crippen molar-refractivity contribution >= 4 is 23.4 Å². The summed E-state index contributed by atoms with van der Waals surface area (Å²) in [6, 6.07) is 1.36. The Hall–Kier alpha value is -2.45. The first-order valence-corrected chi connectivity index (χ1v) is 8.57. The monoisotopic (exact) mass is 387 g/mol. The Balaban J connectivity index is 2.26. The molecule has 0 radical (unpaired) electrons. The number of carbonyl (C=O) groups excluding carboxylic acids is 2. The van der Waals surface area contributed by atoms with Crippen LogP contribution < -0.4 is 11.1 Å². The van der Waals surface area contributed by atoms with Crippen molar-refractivity contribution in [2.24, 2.45) is 0 Å². The average molecular weight is 387 g/mol. The van der Waals surface area contributed by atoms with Crippen molar-refractivity contribution in [3.8, 4) is 0 Å². The number of aryl methyl sites for hydroxylation is 1. The molecule has 2 amide bonds. The number of nitrogens with zero attached hydrogens (tertiary/aromatic N) is 1. The van der Waals surface area contributed by atoms with Gasteiger partial charge in [-0.3, -0.25) is 9.69 Å². The van der Waals surface area contributed by atoms with Gasteiger partial charge in [0, 0.05) is 6.54 Å². The molecule has 2 rings (SSSR count). The highest BCUT2D eigenvalue weighted by Crippen LogP contribution is 2.39. The summed E-state index contributed by atoms with van der Waals surface area (Å²) in [7, 11) is 0. The normalized spacial score (nSPS) is 17.7. The number of benzene rings is 1.